The normalized spacial score (nSPS) is 20.6. The van der Waals surface area contributed by atoms with Crippen LogP contribution < -0.4 is 5.32 Å². The van der Waals surface area contributed by atoms with Crippen LogP contribution in [0, 0.1) is 11.8 Å². The highest BCUT2D eigenvalue weighted by molar-refractivity contribution is 6.10. The molecule has 37 heavy (non-hydrogen) atoms. The van der Waals surface area contributed by atoms with Crippen molar-refractivity contribution in [3.63, 3.8) is 0 Å². The van der Waals surface area contributed by atoms with Crippen LogP contribution in [0.3, 0.4) is 0 Å². The number of aromatic nitrogens is 1. The molecule has 1 aliphatic carbocycles. The molecule has 0 saturated carbocycles. The SMILES string of the molecule is CC1C=CC=CC1C1=NC(c2cc(-c3ccccc3)cc(-c3ccccn3)c2)=NC(c2ccccc2)N1. The van der Waals surface area contributed by atoms with Crippen LogP contribution in [0.5, 0.6) is 0 Å². The van der Waals surface area contributed by atoms with Crippen LogP contribution in [-0.4, -0.2) is 16.7 Å². The third-order valence-corrected chi connectivity index (χ3v) is 6.86. The highest BCUT2D eigenvalue weighted by Crippen LogP contribution is 2.31. The predicted octanol–water partition coefficient (Wildman–Crippen LogP) is 7.24. The fourth-order valence-corrected chi connectivity index (χ4v) is 4.87. The Kier molecular flexibility index (Phi) is 6.30. The van der Waals surface area contributed by atoms with E-state index in [1.807, 2.05) is 36.5 Å². The third kappa shape index (κ3) is 4.91. The minimum Gasteiger partial charge on any atom is -0.348 e. The second-order valence-electron chi connectivity index (χ2n) is 9.44. The van der Waals surface area contributed by atoms with Gasteiger partial charge in [0.1, 0.15) is 12.0 Å². The van der Waals surface area contributed by atoms with Gasteiger partial charge in [-0.15, -0.1) is 0 Å². The number of hydrogen-bond acceptors (Lipinski definition) is 4. The van der Waals surface area contributed by atoms with Gasteiger partial charge in [-0.1, -0.05) is 98.0 Å². The minimum atomic E-state index is -0.214. The molecule has 3 unspecified atom stereocenters. The number of amidine groups is 2. The number of hydrogen-bond donors (Lipinski definition) is 1. The first kappa shape index (κ1) is 22.9. The number of pyridine rings is 1. The molecule has 1 aromatic heterocycles. The van der Waals surface area contributed by atoms with Gasteiger partial charge in [0, 0.05) is 23.2 Å². The van der Waals surface area contributed by atoms with Gasteiger partial charge in [-0.2, -0.15) is 0 Å². The highest BCUT2D eigenvalue weighted by atomic mass is 15.2. The van der Waals surface area contributed by atoms with E-state index in [9.17, 15) is 0 Å². The van der Waals surface area contributed by atoms with E-state index in [1.165, 1.54) is 0 Å². The molecule has 0 amide bonds. The molecule has 0 radical (unpaired) electrons. The Morgan fingerprint density at radius 2 is 1.38 bits per heavy atom. The van der Waals surface area contributed by atoms with Gasteiger partial charge in [0.15, 0.2) is 5.84 Å². The van der Waals surface area contributed by atoms with Gasteiger partial charge in [-0.25, -0.2) is 9.98 Å². The Labute approximate surface area is 217 Å². The van der Waals surface area contributed by atoms with Crippen molar-refractivity contribution < 1.29 is 0 Å². The summed E-state index contributed by atoms with van der Waals surface area (Å²) in [4.78, 5) is 14.9. The molecule has 1 aliphatic heterocycles. The zero-order chi connectivity index (χ0) is 25.0. The molecule has 4 heteroatoms. The lowest BCUT2D eigenvalue weighted by atomic mass is 9.88. The molecule has 4 aromatic rings. The van der Waals surface area contributed by atoms with Crippen LogP contribution in [0.1, 0.15) is 24.2 Å². The monoisotopic (exact) mass is 480 g/mol. The number of allylic oxidation sites excluding steroid dienone is 3. The summed E-state index contributed by atoms with van der Waals surface area (Å²) in [5.74, 6) is 2.17. The Bertz CT molecular complexity index is 1440. The maximum atomic E-state index is 5.12. The van der Waals surface area contributed by atoms with Crippen LogP contribution in [0.4, 0.5) is 0 Å². The van der Waals surface area contributed by atoms with E-state index in [2.05, 4.69) is 108 Å². The lowest BCUT2D eigenvalue weighted by Crippen LogP contribution is -2.39. The molecule has 180 valence electrons. The first-order chi connectivity index (χ1) is 18.2. The number of benzene rings is 3. The molecule has 2 aliphatic rings. The highest BCUT2D eigenvalue weighted by Gasteiger charge is 2.27. The van der Waals surface area contributed by atoms with Crippen molar-refractivity contribution in [2.45, 2.75) is 13.1 Å². The van der Waals surface area contributed by atoms with E-state index in [-0.39, 0.29) is 12.1 Å². The van der Waals surface area contributed by atoms with Crippen molar-refractivity contribution in [1.82, 2.24) is 10.3 Å². The second kappa shape index (κ2) is 10.2. The quantitative estimate of drug-likeness (QED) is 0.327. The molecule has 0 fully saturated rings. The summed E-state index contributed by atoms with van der Waals surface area (Å²) in [6, 6.07) is 33.3. The summed E-state index contributed by atoms with van der Waals surface area (Å²) >= 11 is 0. The van der Waals surface area contributed by atoms with E-state index < -0.39 is 0 Å². The summed E-state index contributed by atoms with van der Waals surface area (Å²) in [6.45, 7) is 2.23. The topological polar surface area (TPSA) is 49.6 Å². The fourth-order valence-electron chi connectivity index (χ4n) is 4.87. The van der Waals surface area contributed by atoms with Gasteiger partial charge in [0.05, 0.1) is 5.69 Å². The molecule has 6 rings (SSSR count). The number of nitrogens with zero attached hydrogens (tertiary/aromatic N) is 3. The number of aliphatic imine (C=N–C) groups is 2. The van der Waals surface area contributed by atoms with Crippen molar-refractivity contribution in [2.75, 3.05) is 0 Å². The molecular formula is C33H28N4. The van der Waals surface area contributed by atoms with Crippen molar-refractivity contribution in [3.05, 3.63) is 139 Å². The van der Waals surface area contributed by atoms with Crippen molar-refractivity contribution in [2.24, 2.45) is 21.8 Å². The van der Waals surface area contributed by atoms with Crippen molar-refractivity contribution in [3.8, 4) is 22.4 Å². The first-order valence-electron chi connectivity index (χ1n) is 12.7. The molecule has 0 saturated heterocycles. The Balaban J connectivity index is 1.51. The Morgan fingerprint density at radius 1 is 0.676 bits per heavy atom. The van der Waals surface area contributed by atoms with E-state index >= 15 is 0 Å². The molecule has 4 nitrogen and oxygen atoms in total. The summed E-state index contributed by atoms with van der Waals surface area (Å²) in [7, 11) is 0. The van der Waals surface area contributed by atoms with Gasteiger partial charge in [0.2, 0.25) is 0 Å². The van der Waals surface area contributed by atoms with Crippen LogP contribution in [0.2, 0.25) is 0 Å². The van der Waals surface area contributed by atoms with Gasteiger partial charge in [0.25, 0.3) is 0 Å². The average molecular weight is 481 g/mol. The van der Waals surface area contributed by atoms with Crippen LogP contribution in [-0.2, 0) is 0 Å². The third-order valence-electron chi connectivity index (χ3n) is 6.86. The zero-order valence-corrected chi connectivity index (χ0v) is 20.7. The van der Waals surface area contributed by atoms with Gasteiger partial charge < -0.3 is 5.32 Å². The maximum absolute atomic E-state index is 5.12. The summed E-state index contributed by atoms with van der Waals surface area (Å²) < 4.78 is 0. The lowest BCUT2D eigenvalue weighted by molar-refractivity contribution is 0.580. The van der Waals surface area contributed by atoms with Crippen molar-refractivity contribution in [1.29, 1.82) is 0 Å². The molecule has 2 heterocycles. The summed E-state index contributed by atoms with van der Waals surface area (Å²) in [5, 5.41) is 3.63. The van der Waals surface area contributed by atoms with E-state index in [0.717, 1.165) is 45.2 Å². The predicted molar refractivity (Wildman–Crippen MR) is 152 cm³/mol. The fraction of sp³-hybridized carbons (Fsp3) is 0.121. The Morgan fingerprint density at radius 3 is 2.14 bits per heavy atom. The first-order valence-corrected chi connectivity index (χ1v) is 12.7. The molecule has 3 aromatic carbocycles. The largest absolute Gasteiger partial charge is 0.348 e. The summed E-state index contributed by atoms with van der Waals surface area (Å²) in [5.41, 5.74) is 6.31. The number of nitrogens with one attached hydrogen (secondary N) is 1. The lowest BCUT2D eigenvalue weighted by Gasteiger charge is -2.29. The molecule has 0 spiro atoms. The summed E-state index contributed by atoms with van der Waals surface area (Å²) in [6.07, 6.45) is 10.3. The van der Waals surface area contributed by atoms with Crippen molar-refractivity contribution >= 4 is 11.7 Å². The van der Waals surface area contributed by atoms with Gasteiger partial charge in [-0.05, 0) is 52.9 Å². The van der Waals surface area contributed by atoms with Gasteiger partial charge in [-0.3, -0.25) is 4.98 Å². The Hall–Kier alpha value is -4.57. The van der Waals surface area contributed by atoms with Crippen LogP contribution >= 0.6 is 0 Å². The van der Waals surface area contributed by atoms with E-state index in [4.69, 9.17) is 9.98 Å². The zero-order valence-electron chi connectivity index (χ0n) is 20.7. The molecular weight excluding hydrogens is 452 g/mol. The molecule has 0 bridgehead atoms. The minimum absolute atomic E-state index is 0.161. The molecule has 3 atom stereocenters. The van der Waals surface area contributed by atoms with Crippen LogP contribution in [0.25, 0.3) is 22.4 Å². The number of rotatable bonds is 5. The molecule has 1 N–H and O–H groups in total. The smallest absolute Gasteiger partial charge is 0.159 e. The van der Waals surface area contributed by atoms with Crippen LogP contribution in [0.15, 0.2) is 138 Å². The average Bonchev–Trinajstić information content (AvgIpc) is 2.98. The van der Waals surface area contributed by atoms with Gasteiger partial charge >= 0.3 is 0 Å². The van der Waals surface area contributed by atoms with E-state index in [0.29, 0.717) is 5.92 Å². The second-order valence-corrected chi connectivity index (χ2v) is 9.44. The maximum Gasteiger partial charge on any atom is 0.159 e. The standard InChI is InChI=1S/C33H28N4/c1-23-12-8-9-17-29(23)33-36-31(25-15-6-3-7-16-25)35-32(37-33)28-21-26(24-13-4-2-5-14-24)20-27(22-28)30-18-10-11-19-34-30/h2-23,29,31H,1H3,(H,35,36,37). The van der Waals surface area contributed by atoms with E-state index in [1.54, 1.807) is 0 Å².